The number of methoxy groups -OCH3 is 1. The fourth-order valence-corrected chi connectivity index (χ4v) is 1.80. The molecule has 0 fully saturated rings. The number of hydrogen-bond acceptors (Lipinski definition) is 6. The lowest BCUT2D eigenvalue weighted by atomic mass is 10.2. The van der Waals surface area contributed by atoms with Gasteiger partial charge in [0.1, 0.15) is 0 Å². The van der Waals surface area contributed by atoms with Gasteiger partial charge in [-0.3, -0.25) is 14.9 Å². The predicted molar refractivity (Wildman–Crippen MR) is 82.8 cm³/mol. The van der Waals surface area contributed by atoms with E-state index in [1.165, 1.54) is 19.4 Å². The van der Waals surface area contributed by atoms with Crippen molar-refractivity contribution in [1.29, 1.82) is 0 Å². The van der Waals surface area contributed by atoms with Crippen molar-refractivity contribution in [3.8, 4) is 11.5 Å². The minimum absolute atomic E-state index is 0.0602. The van der Waals surface area contributed by atoms with Crippen molar-refractivity contribution in [2.24, 2.45) is 5.10 Å². The second-order valence-electron chi connectivity index (χ2n) is 4.41. The van der Waals surface area contributed by atoms with E-state index in [4.69, 9.17) is 4.74 Å². The molecule has 0 bridgehead atoms. The molecule has 0 saturated heterocycles. The Hall–Kier alpha value is -3.42. The summed E-state index contributed by atoms with van der Waals surface area (Å²) in [4.78, 5) is 21.9. The number of carbonyl (C=O) groups is 1. The zero-order chi connectivity index (χ0) is 16.8. The largest absolute Gasteiger partial charge is 0.500 e. The highest BCUT2D eigenvalue weighted by atomic mass is 16.6. The van der Waals surface area contributed by atoms with Crippen LogP contribution in [0.1, 0.15) is 15.9 Å². The molecule has 1 amide bonds. The van der Waals surface area contributed by atoms with Gasteiger partial charge in [0.15, 0.2) is 5.75 Å². The number of phenols is 1. The molecule has 23 heavy (non-hydrogen) atoms. The molecule has 0 aliphatic carbocycles. The monoisotopic (exact) mass is 315 g/mol. The highest BCUT2D eigenvalue weighted by Gasteiger charge is 2.19. The summed E-state index contributed by atoms with van der Waals surface area (Å²) in [5, 5.41) is 24.3. The summed E-state index contributed by atoms with van der Waals surface area (Å²) in [5.74, 6) is -1.04. The molecule has 0 aromatic heterocycles. The van der Waals surface area contributed by atoms with Crippen LogP contribution in [-0.2, 0) is 0 Å². The third-order valence-corrected chi connectivity index (χ3v) is 2.91. The van der Waals surface area contributed by atoms with Gasteiger partial charge in [0, 0.05) is 17.2 Å². The average Bonchev–Trinajstić information content (AvgIpc) is 2.56. The number of hydrogen-bond donors (Lipinski definition) is 2. The molecule has 0 aliphatic heterocycles. The molecule has 0 unspecified atom stereocenters. The van der Waals surface area contributed by atoms with Crippen LogP contribution in [0.3, 0.4) is 0 Å². The third-order valence-electron chi connectivity index (χ3n) is 2.91. The molecule has 2 N–H and O–H groups in total. The minimum atomic E-state index is -0.738. The predicted octanol–water partition coefficient (Wildman–Crippen LogP) is 2.07. The molecule has 2 rings (SSSR count). The maximum Gasteiger partial charge on any atom is 0.315 e. The zero-order valence-electron chi connectivity index (χ0n) is 12.1. The molecule has 2 aromatic rings. The van der Waals surface area contributed by atoms with Crippen LogP contribution in [-0.4, -0.2) is 29.3 Å². The fraction of sp³-hybridized carbons (Fsp3) is 0.0667. The Kier molecular flexibility index (Phi) is 4.88. The number of aromatic hydroxyl groups is 1. The van der Waals surface area contributed by atoms with Gasteiger partial charge in [-0.1, -0.05) is 18.2 Å². The van der Waals surface area contributed by atoms with Crippen LogP contribution in [0.15, 0.2) is 47.6 Å². The van der Waals surface area contributed by atoms with E-state index in [-0.39, 0.29) is 5.75 Å². The normalized spacial score (nSPS) is 10.5. The smallest absolute Gasteiger partial charge is 0.315 e. The quantitative estimate of drug-likeness (QED) is 0.498. The van der Waals surface area contributed by atoms with E-state index in [9.17, 15) is 20.0 Å². The Labute approximate surface area is 131 Å². The molecule has 0 aliphatic rings. The summed E-state index contributed by atoms with van der Waals surface area (Å²) >= 11 is 0. The number of nitrogens with one attached hydrogen (secondary N) is 1. The van der Waals surface area contributed by atoms with Crippen LogP contribution in [0.4, 0.5) is 5.69 Å². The Morgan fingerprint density at radius 1 is 1.35 bits per heavy atom. The van der Waals surface area contributed by atoms with Crippen LogP contribution < -0.4 is 10.2 Å². The van der Waals surface area contributed by atoms with Crippen molar-refractivity contribution in [3.63, 3.8) is 0 Å². The highest BCUT2D eigenvalue weighted by Crippen LogP contribution is 2.36. The molecular weight excluding hydrogens is 302 g/mol. The maximum atomic E-state index is 11.8. The van der Waals surface area contributed by atoms with Crippen molar-refractivity contribution in [3.05, 3.63) is 63.7 Å². The molecule has 0 saturated carbocycles. The number of carbonyl (C=O) groups excluding carboxylic acids is 1. The van der Waals surface area contributed by atoms with Gasteiger partial charge in [0.25, 0.3) is 5.91 Å². The molecular formula is C15H13N3O5. The van der Waals surface area contributed by atoms with Crippen molar-refractivity contribution in [1.82, 2.24) is 5.43 Å². The van der Waals surface area contributed by atoms with Crippen LogP contribution >= 0.6 is 0 Å². The lowest BCUT2D eigenvalue weighted by Gasteiger charge is -2.05. The van der Waals surface area contributed by atoms with Crippen molar-refractivity contribution < 1.29 is 19.6 Å². The first-order valence-electron chi connectivity index (χ1n) is 6.46. The standard InChI is InChI=1S/C15H13N3O5/c1-23-13-8-10(7-12(14(13)19)18(21)22)9-16-17-15(20)11-5-3-2-4-6-11/h2-9,19H,1H3,(H,17,20). The summed E-state index contributed by atoms with van der Waals surface area (Å²) < 4.78 is 4.87. The van der Waals surface area contributed by atoms with E-state index in [0.29, 0.717) is 11.1 Å². The number of nitrogens with zero attached hydrogens (tertiary/aromatic N) is 2. The number of rotatable bonds is 5. The molecule has 0 atom stereocenters. The molecule has 118 valence electrons. The lowest BCUT2D eigenvalue weighted by Crippen LogP contribution is -2.17. The molecule has 8 nitrogen and oxygen atoms in total. The van der Waals surface area contributed by atoms with E-state index in [2.05, 4.69) is 10.5 Å². The highest BCUT2D eigenvalue weighted by molar-refractivity contribution is 5.95. The first-order valence-corrected chi connectivity index (χ1v) is 6.46. The second-order valence-corrected chi connectivity index (χ2v) is 4.41. The number of benzene rings is 2. The third kappa shape index (κ3) is 3.82. The maximum absolute atomic E-state index is 11.8. The second kappa shape index (κ2) is 7.03. The van der Waals surface area contributed by atoms with Gasteiger partial charge in [-0.05, 0) is 18.2 Å². The number of amides is 1. The van der Waals surface area contributed by atoms with Crippen LogP contribution in [0.2, 0.25) is 0 Å². The Morgan fingerprint density at radius 3 is 2.65 bits per heavy atom. The zero-order valence-corrected chi connectivity index (χ0v) is 12.1. The van der Waals surface area contributed by atoms with Crippen molar-refractivity contribution in [2.45, 2.75) is 0 Å². The van der Waals surface area contributed by atoms with Gasteiger partial charge in [0.2, 0.25) is 5.75 Å². The van der Waals surface area contributed by atoms with Crippen LogP contribution in [0.25, 0.3) is 0 Å². The van der Waals surface area contributed by atoms with Crippen LogP contribution in [0.5, 0.6) is 11.5 Å². The number of nitro groups is 1. The number of phenolic OH excluding ortho intramolecular Hbond substituents is 1. The van der Waals surface area contributed by atoms with E-state index < -0.39 is 22.3 Å². The Balaban J connectivity index is 2.18. The van der Waals surface area contributed by atoms with Crippen LogP contribution in [0, 0.1) is 10.1 Å². The van der Waals surface area contributed by atoms with Crippen molar-refractivity contribution in [2.75, 3.05) is 7.11 Å². The van der Waals surface area contributed by atoms with E-state index >= 15 is 0 Å². The Bertz CT molecular complexity index is 759. The number of hydrazone groups is 1. The van der Waals surface area contributed by atoms with Gasteiger partial charge in [-0.2, -0.15) is 5.10 Å². The van der Waals surface area contributed by atoms with Gasteiger partial charge < -0.3 is 9.84 Å². The summed E-state index contributed by atoms with van der Waals surface area (Å²) in [5.41, 5.74) is 2.51. The van der Waals surface area contributed by atoms with Gasteiger partial charge in [-0.25, -0.2) is 5.43 Å². The summed E-state index contributed by atoms with van der Waals surface area (Å²) in [6.07, 6.45) is 1.22. The molecule has 2 aromatic carbocycles. The summed E-state index contributed by atoms with van der Waals surface area (Å²) in [7, 11) is 1.27. The number of nitro benzene ring substituents is 1. The molecule has 0 spiro atoms. The van der Waals surface area contributed by atoms with Gasteiger partial charge in [-0.15, -0.1) is 0 Å². The SMILES string of the molecule is COc1cc(C=NNC(=O)c2ccccc2)cc([N+](=O)[O-])c1O. The Morgan fingerprint density at radius 2 is 2.04 bits per heavy atom. The van der Waals surface area contributed by atoms with E-state index in [1.807, 2.05) is 0 Å². The minimum Gasteiger partial charge on any atom is -0.500 e. The summed E-state index contributed by atoms with van der Waals surface area (Å²) in [6.45, 7) is 0. The lowest BCUT2D eigenvalue weighted by molar-refractivity contribution is -0.386. The average molecular weight is 315 g/mol. The molecule has 0 radical (unpaired) electrons. The molecule has 8 heteroatoms. The first-order chi connectivity index (χ1) is 11.0. The topological polar surface area (TPSA) is 114 Å². The van der Waals surface area contributed by atoms with E-state index in [1.54, 1.807) is 30.3 Å². The van der Waals surface area contributed by atoms with Gasteiger partial charge in [0.05, 0.1) is 18.2 Å². The summed E-state index contributed by atoms with van der Waals surface area (Å²) in [6, 6.07) is 10.9. The van der Waals surface area contributed by atoms with E-state index in [0.717, 1.165) is 6.07 Å². The van der Waals surface area contributed by atoms with Crippen molar-refractivity contribution >= 4 is 17.8 Å². The first kappa shape index (κ1) is 16.0. The fourth-order valence-electron chi connectivity index (χ4n) is 1.80. The molecule has 0 heterocycles. The van der Waals surface area contributed by atoms with Gasteiger partial charge >= 0.3 is 5.69 Å². The number of ether oxygens (including phenoxy) is 1.